The molecule has 0 aromatic rings. The van der Waals surface area contributed by atoms with Gasteiger partial charge in [-0.1, -0.05) is 0 Å². The summed E-state index contributed by atoms with van der Waals surface area (Å²) in [6.45, 7) is 6.50. The Hall–Kier alpha value is -0.810. The second-order valence-corrected chi connectivity index (χ2v) is 4.74. The van der Waals surface area contributed by atoms with E-state index in [4.69, 9.17) is 10.5 Å². The maximum atomic E-state index is 11.3. The first-order chi connectivity index (χ1) is 6.76. The lowest BCUT2D eigenvalue weighted by molar-refractivity contribution is 0.0515. The fraction of sp³-hybridized carbons (Fsp3) is 0.900. The summed E-state index contributed by atoms with van der Waals surface area (Å²) in [7, 11) is 3.85. The maximum Gasteiger partial charge on any atom is 0.407 e. The van der Waals surface area contributed by atoms with Crippen LogP contribution in [0.15, 0.2) is 0 Å². The number of alkyl carbamates (subject to hydrolysis) is 1. The van der Waals surface area contributed by atoms with Gasteiger partial charge in [0.1, 0.15) is 5.60 Å². The molecule has 1 amide bonds. The molecule has 0 aliphatic carbocycles. The molecule has 3 N–H and O–H groups in total. The van der Waals surface area contributed by atoms with Crippen LogP contribution >= 0.6 is 0 Å². The average molecular weight is 217 g/mol. The van der Waals surface area contributed by atoms with Gasteiger partial charge >= 0.3 is 6.09 Å². The number of carbonyl (C=O) groups is 1. The van der Waals surface area contributed by atoms with Crippen LogP contribution in [0, 0.1) is 0 Å². The van der Waals surface area contributed by atoms with Crippen molar-refractivity contribution in [3.63, 3.8) is 0 Å². The molecular weight excluding hydrogens is 194 g/mol. The summed E-state index contributed by atoms with van der Waals surface area (Å²) in [6, 6.07) is 0.137. The molecule has 0 fully saturated rings. The van der Waals surface area contributed by atoms with E-state index < -0.39 is 11.7 Å². The first-order valence-electron chi connectivity index (χ1n) is 5.09. The van der Waals surface area contributed by atoms with Crippen molar-refractivity contribution in [3.05, 3.63) is 0 Å². The highest BCUT2D eigenvalue weighted by atomic mass is 16.6. The first-order valence-corrected chi connectivity index (χ1v) is 5.09. The fourth-order valence-corrected chi connectivity index (χ4v) is 0.992. The molecule has 5 nitrogen and oxygen atoms in total. The summed E-state index contributed by atoms with van der Waals surface area (Å²) in [5.74, 6) is 0. The summed E-state index contributed by atoms with van der Waals surface area (Å²) in [4.78, 5) is 13.3. The van der Waals surface area contributed by atoms with Crippen molar-refractivity contribution in [2.75, 3.05) is 27.2 Å². The van der Waals surface area contributed by atoms with Gasteiger partial charge in [-0.05, 0) is 34.9 Å². The van der Waals surface area contributed by atoms with Crippen molar-refractivity contribution in [1.82, 2.24) is 10.2 Å². The molecule has 0 saturated carbocycles. The third kappa shape index (κ3) is 7.16. The molecule has 0 radical (unpaired) electrons. The Morgan fingerprint density at radius 2 is 2.00 bits per heavy atom. The SMILES string of the molecule is CN(C)C(CN)CNC(=O)OC(C)(C)C. The standard InChI is InChI=1S/C10H23N3O2/c1-10(2,3)15-9(14)12-7-8(6-11)13(4)5/h8H,6-7,11H2,1-5H3,(H,12,14). The number of ether oxygens (including phenoxy) is 1. The lowest BCUT2D eigenvalue weighted by Gasteiger charge is -2.24. The lowest BCUT2D eigenvalue weighted by atomic mass is 10.2. The number of carbonyl (C=O) groups excluding carboxylic acids is 1. The number of amides is 1. The van der Waals surface area contributed by atoms with Crippen LogP contribution in [0.4, 0.5) is 4.79 Å². The summed E-state index contributed by atoms with van der Waals surface area (Å²) >= 11 is 0. The van der Waals surface area contributed by atoms with Gasteiger partial charge in [0.15, 0.2) is 0 Å². The third-order valence-corrected chi connectivity index (χ3v) is 1.88. The van der Waals surface area contributed by atoms with E-state index in [-0.39, 0.29) is 6.04 Å². The molecule has 5 heteroatoms. The Balaban J connectivity index is 3.89. The Kier molecular flexibility index (Phi) is 5.60. The minimum absolute atomic E-state index is 0.137. The number of hydrogen-bond acceptors (Lipinski definition) is 4. The van der Waals surface area contributed by atoms with Crippen LogP contribution < -0.4 is 11.1 Å². The topological polar surface area (TPSA) is 67.6 Å². The van der Waals surface area contributed by atoms with E-state index in [1.807, 2.05) is 39.8 Å². The molecular formula is C10H23N3O2. The molecule has 0 rings (SSSR count). The van der Waals surface area contributed by atoms with E-state index >= 15 is 0 Å². The maximum absolute atomic E-state index is 11.3. The minimum atomic E-state index is -0.458. The van der Waals surface area contributed by atoms with Gasteiger partial charge in [0.25, 0.3) is 0 Å². The van der Waals surface area contributed by atoms with E-state index in [9.17, 15) is 4.79 Å². The quantitative estimate of drug-likeness (QED) is 0.715. The average Bonchev–Trinajstić information content (AvgIpc) is 2.01. The largest absolute Gasteiger partial charge is 0.444 e. The molecule has 0 bridgehead atoms. The zero-order chi connectivity index (χ0) is 12.1. The Bertz CT molecular complexity index is 199. The van der Waals surface area contributed by atoms with Gasteiger partial charge in [0, 0.05) is 19.1 Å². The normalized spacial score (nSPS) is 13.8. The molecule has 1 unspecified atom stereocenters. The zero-order valence-electron chi connectivity index (χ0n) is 10.3. The Labute approximate surface area is 91.9 Å². The first kappa shape index (κ1) is 14.2. The van der Waals surface area contributed by atoms with Gasteiger partial charge in [0.2, 0.25) is 0 Å². The van der Waals surface area contributed by atoms with Crippen LogP contribution in [-0.2, 0) is 4.74 Å². The van der Waals surface area contributed by atoms with Gasteiger partial charge in [-0.3, -0.25) is 0 Å². The number of likely N-dealkylation sites (N-methyl/N-ethyl adjacent to an activating group) is 1. The van der Waals surface area contributed by atoms with Crippen LogP contribution in [-0.4, -0.2) is 49.8 Å². The highest BCUT2D eigenvalue weighted by Gasteiger charge is 2.17. The monoisotopic (exact) mass is 217 g/mol. The number of rotatable bonds is 4. The molecule has 0 aliphatic heterocycles. The molecule has 0 spiro atoms. The highest BCUT2D eigenvalue weighted by molar-refractivity contribution is 5.67. The molecule has 0 aromatic carbocycles. The van der Waals surface area contributed by atoms with E-state index in [1.54, 1.807) is 0 Å². The van der Waals surface area contributed by atoms with Crippen molar-refractivity contribution in [2.45, 2.75) is 32.4 Å². The van der Waals surface area contributed by atoms with Crippen LogP contribution in [0.25, 0.3) is 0 Å². The van der Waals surface area contributed by atoms with Gasteiger partial charge in [-0.2, -0.15) is 0 Å². The van der Waals surface area contributed by atoms with Crippen molar-refractivity contribution < 1.29 is 9.53 Å². The summed E-state index contributed by atoms with van der Waals surface area (Å²) in [5, 5.41) is 2.69. The van der Waals surface area contributed by atoms with Crippen LogP contribution in [0.1, 0.15) is 20.8 Å². The second kappa shape index (κ2) is 5.92. The van der Waals surface area contributed by atoms with E-state index in [0.717, 1.165) is 0 Å². The smallest absolute Gasteiger partial charge is 0.407 e. The van der Waals surface area contributed by atoms with Crippen molar-refractivity contribution in [3.8, 4) is 0 Å². The summed E-state index contributed by atoms with van der Waals surface area (Å²) < 4.78 is 5.10. The molecule has 15 heavy (non-hydrogen) atoms. The zero-order valence-corrected chi connectivity index (χ0v) is 10.3. The molecule has 0 aromatic heterocycles. The van der Waals surface area contributed by atoms with Crippen LogP contribution in [0.2, 0.25) is 0 Å². The molecule has 90 valence electrons. The van der Waals surface area contributed by atoms with Crippen molar-refractivity contribution in [1.29, 1.82) is 0 Å². The van der Waals surface area contributed by atoms with E-state index in [2.05, 4.69) is 5.32 Å². The van der Waals surface area contributed by atoms with E-state index in [0.29, 0.717) is 13.1 Å². The number of nitrogens with two attached hydrogens (primary N) is 1. The highest BCUT2D eigenvalue weighted by Crippen LogP contribution is 2.06. The van der Waals surface area contributed by atoms with Gasteiger partial charge < -0.3 is 20.7 Å². The Morgan fingerprint density at radius 1 is 1.47 bits per heavy atom. The van der Waals surface area contributed by atoms with Crippen LogP contribution in [0.3, 0.4) is 0 Å². The van der Waals surface area contributed by atoms with Gasteiger partial charge in [-0.25, -0.2) is 4.79 Å². The summed E-state index contributed by atoms with van der Waals surface area (Å²) in [6.07, 6.45) is -0.400. The van der Waals surface area contributed by atoms with E-state index in [1.165, 1.54) is 0 Å². The predicted octanol–water partition coefficient (Wildman–Crippen LogP) is 0.400. The second-order valence-electron chi connectivity index (χ2n) is 4.74. The molecule has 0 aliphatic rings. The van der Waals surface area contributed by atoms with Crippen molar-refractivity contribution >= 4 is 6.09 Å². The van der Waals surface area contributed by atoms with Crippen molar-refractivity contribution in [2.24, 2.45) is 5.73 Å². The van der Waals surface area contributed by atoms with Gasteiger partial charge in [0.05, 0.1) is 0 Å². The molecule has 0 saturated heterocycles. The number of hydrogen-bond donors (Lipinski definition) is 2. The summed E-state index contributed by atoms with van der Waals surface area (Å²) in [5.41, 5.74) is 5.10. The van der Waals surface area contributed by atoms with Gasteiger partial charge in [-0.15, -0.1) is 0 Å². The third-order valence-electron chi connectivity index (χ3n) is 1.88. The molecule has 1 atom stereocenters. The Morgan fingerprint density at radius 3 is 2.33 bits per heavy atom. The minimum Gasteiger partial charge on any atom is -0.444 e. The lowest BCUT2D eigenvalue weighted by Crippen LogP contribution is -2.45. The molecule has 0 heterocycles. The fourth-order valence-electron chi connectivity index (χ4n) is 0.992. The number of nitrogens with zero attached hydrogens (tertiary/aromatic N) is 1. The predicted molar refractivity (Wildman–Crippen MR) is 60.8 cm³/mol. The number of nitrogens with one attached hydrogen (secondary N) is 1. The van der Waals surface area contributed by atoms with Crippen LogP contribution in [0.5, 0.6) is 0 Å².